The number of carboxylic acids is 1. The van der Waals surface area contributed by atoms with Gasteiger partial charge in [-0.05, 0) is 26.3 Å². The van der Waals surface area contributed by atoms with E-state index in [9.17, 15) is 9.59 Å². The lowest BCUT2D eigenvalue weighted by molar-refractivity contribution is -0.168. The summed E-state index contributed by atoms with van der Waals surface area (Å²) >= 11 is 0. The highest BCUT2D eigenvalue weighted by atomic mass is 16.6. The number of rotatable bonds is 7. The predicted molar refractivity (Wildman–Crippen MR) is 80.8 cm³/mol. The van der Waals surface area contributed by atoms with Gasteiger partial charge in [0.25, 0.3) is 0 Å². The van der Waals surface area contributed by atoms with Crippen LogP contribution < -0.4 is 5.73 Å². The van der Waals surface area contributed by atoms with E-state index in [1.807, 2.05) is 30.3 Å². The topological polar surface area (TPSA) is 98.9 Å². The number of aliphatic carboxylic acids is 1. The monoisotopic (exact) mass is 309 g/mol. The molecule has 0 aromatic heterocycles. The molecule has 1 aromatic carbocycles. The summed E-state index contributed by atoms with van der Waals surface area (Å²) in [7, 11) is 0. The molecule has 0 fully saturated rings. The van der Waals surface area contributed by atoms with Crippen molar-refractivity contribution in [1.82, 2.24) is 0 Å². The smallest absolute Gasteiger partial charge is 0.320 e. The van der Waals surface area contributed by atoms with Crippen LogP contribution in [0, 0.1) is 5.92 Å². The van der Waals surface area contributed by atoms with Crippen molar-refractivity contribution >= 4 is 11.9 Å². The summed E-state index contributed by atoms with van der Waals surface area (Å²) in [4.78, 5) is 23.1. The molecule has 0 aliphatic heterocycles. The quantitative estimate of drug-likeness (QED) is 0.453. The standard InChI is InChI=1S/C16H23NO5/c1-16(2,3)22-15(20)12(14(18)19)9-13(17)21-10-11-7-5-4-6-8-11/h4-8,12-13H,9-10,17H2,1-3H3,(H,18,19). The van der Waals surface area contributed by atoms with Crippen LogP contribution in [0.4, 0.5) is 0 Å². The fraction of sp³-hybridized carbons (Fsp3) is 0.500. The lowest BCUT2D eigenvalue weighted by Gasteiger charge is -2.23. The molecule has 0 aliphatic carbocycles. The number of esters is 1. The van der Waals surface area contributed by atoms with Crippen molar-refractivity contribution < 1.29 is 24.2 Å². The molecule has 0 saturated heterocycles. The minimum absolute atomic E-state index is 0.142. The Hall–Kier alpha value is -1.92. The van der Waals surface area contributed by atoms with Gasteiger partial charge in [0, 0.05) is 6.42 Å². The van der Waals surface area contributed by atoms with E-state index in [0.717, 1.165) is 5.56 Å². The fourth-order valence-corrected chi connectivity index (χ4v) is 1.75. The number of ether oxygens (including phenoxy) is 2. The molecule has 2 atom stereocenters. The molecule has 0 amide bonds. The first-order valence-electron chi connectivity index (χ1n) is 7.06. The van der Waals surface area contributed by atoms with Crippen LogP contribution in [0.5, 0.6) is 0 Å². The van der Waals surface area contributed by atoms with Crippen molar-refractivity contribution in [2.75, 3.05) is 0 Å². The Kier molecular flexibility index (Phi) is 6.52. The molecule has 2 unspecified atom stereocenters. The molecule has 22 heavy (non-hydrogen) atoms. The number of carbonyl (C=O) groups is 2. The molecular formula is C16H23NO5. The van der Waals surface area contributed by atoms with Gasteiger partial charge in [0.05, 0.1) is 6.61 Å². The van der Waals surface area contributed by atoms with E-state index < -0.39 is 29.7 Å². The van der Waals surface area contributed by atoms with Crippen LogP contribution in [0.25, 0.3) is 0 Å². The second kappa shape index (κ2) is 7.91. The average molecular weight is 309 g/mol. The molecule has 0 heterocycles. The number of hydrogen-bond donors (Lipinski definition) is 2. The lowest BCUT2D eigenvalue weighted by Crippen LogP contribution is -2.37. The minimum atomic E-state index is -1.34. The first-order valence-corrected chi connectivity index (χ1v) is 7.06. The van der Waals surface area contributed by atoms with Crippen LogP contribution >= 0.6 is 0 Å². The molecule has 0 saturated carbocycles. The summed E-state index contributed by atoms with van der Waals surface area (Å²) in [5.74, 6) is -3.42. The van der Waals surface area contributed by atoms with Crippen molar-refractivity contribution in [1.29, 1.82) is 0 Å². The van der Waals surface area contributed by atoms with Gasteiger partial charge in [-0.15, -0.1) is 0 Å². The summed E-state index contributed by atoms with van der Waals surface area (Å²) in [5.41, 5.74) is 5.94. The lowest BCUT2D eigenvalue weighted by atomic mass is 10.0. The molecule has 6 heteroatoms. The summed E-state index contributed by atoms with van der Waals surface area (Å²) < 4.78 is 10.5. The Morgan fingerprint density at radius 1 is 1.23 bits per heavy atom. The fourth-order valence-electron chi connectivity index (χ4n) is 1.75. The highest BCUT2D eigenvalue weighted by Crippen LogP contribution is 2.16. The van der Waals surface area contributed by atoms with Gasteiger partial charge in [0.1, 0.15) is 11.8 Å². The number of nitrogens with two attached hydrogens (primary N) is 1. The third kappa shape index (κ3) is 6.69. The summed E-state index contributed by atoms with van der Waals surface area (Å²) in [5, 5.41) is 9.16. The maximum absolute atomic E-state index is 11.9. The second-order valence-electron chi connectivity index (χ2n) is 6.00. The zero-order valence-corrected chi connectivity index (χ0v) is 13.1. The first-order chi connectivity index (χ1) is 10.2. The Labute approximate surface area is 130 Å². The molecule has 122 valence electrons. The van der Waals surface area contributed by atoms with E-state index in [0.29, 0.717) is 0 Å². The highest BCUT2D eigenvalue weighted by molar-refractivity contribution is 5.94. The van der Waals surface area contributed by atoms with Crippen LogP contribution in [0.15, 0.2) is 30.3 Å². The highest BCUT2D eigenvalue weighted by Gasteiger charge is 2.32. The maximum Gasteiger partial charge on any atom is 0.320 e. The number of hydrogen-bond acceptors (Lipinski definition) is 5. The normalized spacial score (nSPS) is 14.2. The van der Waals surface area contributed by atoms with Gasteiger partial charge >= 0.3 is 11.9 Å². The molecule has 0 bridgehead atoms. The van der Waals surface area contributed by atoms with Crippen LogP contribution in [-0.4, -0.2) is 28.9 Å². The van der Waals surface area contributed by atoms with E-state index in [4.69, 9.17) is 20.3 Å². The van der Waals surface area contributed by atoms with E-state index in [-0.39, 0.29) is 13.0 Å². The Balaban J connectivity index is 2.55. The molecular weight excluding hydrogens is 286 g/mol. The maximum atomic E-state index is 11.9. The van der Waals surface area contributed by atoms with Gasteiger partial charge in [-0.3, -0.25) is 9.59 Å². The molecule has 0 spiro atoms. The Bertz CT molecular complexity index is 495. The van der Waals surface area contributed by atoms with Crippen molar-refractivity contribution in [3.63, 3.8) is 0 Å². The molecule has 3 N–H and O–H groups in total. The Morgan fingerprint density at radius 3 is 2.32 bits per heavy atom. The van der Waals surface area contributed by atoms with Crippen LogP contribution in [0.2, 0.25) is 0 Å². The van der Waals surface area contributed by atoms with Gasteiger partial charge in [0.15, 0.2) is 5.92 Å². The van der Waals surface area contributed by atoms with Gasteiger partial charge in [-0.1, -0.05) is 30.3 Å². The van der Waals surface area contributed by atoms with Gasteiger partial charge in [-0.2, -0.15) is 0 Å². The van der Waals surface area contributed by atoms with E-state index in [2.05, 4.69) is 0 Å². The van der Waals surface area contributed by atoms with E-state index in [1.54, 1.807) is 20.8 Å². The molecule has 6 nitrogen and oxygen atoms in total. The van der Waals surface area contributed by atoms with Crippen molar-refractivity contribution in [3.8, 4) is 0 Å². The predicted octanol–water partition coefficient (Wildman–Crippen LogP) is 1.92. The Morgan fingerprint density at radius 2 is 1.82 bits per heavy atom. The SMILES string of the molecule is CC(C)(C)OC(=O)C(CC(N)OCc1ccccc1)C(=O)O. The molecule has 1 aromatic rings. The second-order valence-corrected chi connectivity index (χ2v) is 6.00. The van der Waals surface area contributed by atoms with Gasteiger partial charge < -0.3 is 20.3 Å². The third-order valence-electron chi connectivity index (χ3n) is 2.76. The number of benzene rings is 1. The van der Waals surface area contributed by atoms with Gasteiger partial charge in [0.2, 0.25) is 0 Å². The zero-order chi connectivity index (χ0) is 16.8. The summed E-state index contributed by atoms with van der Waals surface area (Å²) in [6, 6.07) is 9.35. The van der Waals surface area contributed by atoms with Crippen molar-refractivity contribution in [2.24, 2.45) is 11.7 Å². The zero-order valence-electron chi connectivity index (χ0n) is 13.1. The third-order valence-corrected chi connectivity index (χ3v) is 2.76. The van der Waals surface area contributed by atoms with Gasteiger partial charge in [-0.25, -0.2) is 0 Å². The average Bonchev–Trinajstić information content (AvgIpc) is 2.41. The van der Waals surface area contributed by atoms with Crippen molar-refractivity contribution in [3.05, 3.63) is 35.9 Å². The van der Waals surface area contributed by atoms with Crippen LogP contribution in [0.1, 0.15) is 32.8 Å². The summed E-state index contributed by atoms with van der Waals surface area (Å²) in [6.07, 6.45) is -1.01. The van der Waals surface area contributed by atoms with Crippen LogP contribution in [0.3, 0.4) is 0 Å². The van der Waals surface area contributed by atoms with E-state index in [1.165, 1.54) is 0 Å². The largest absolute Gasteiger partial charge is 0.481 e. The summed E-state index contributed by atoms with van der Waals surface area (Å²) in [6.45, 7) is 5.28. The molecule has 0 radical (unpaired) electrons. The first kappa shape index (κ1) is 18.1. The number of carbonyl (C=O) groups excluding carboxylic acids is 1. The van der Waals surface area contributed by atoms with Crippen LogP contribution in [-0.2, 0) is 25.7 Å². The molecule has 1 rings (SSSR count). The minimum Gasteiger partial charge on any atom is -0.481 e. The number of carboxylic acid groups (broad SMARTS) is 1. The molecule has 0 aliphatic rings. The van der Waals surface area contributed by atoms with Crippen molar-refractivity contribution in [2.45, 2.75) is 45.6 Å². The van der Waals surface area contributed by atoms with E-state index >= 15 is 0 Å².